The van der Waals surface area contributed by atoms with Gasteiger partial charge in [-0.25, -0.2) is 0 Å². The number of hydrogen-bond acceptors (Lipinski definition) is 3. The molecule has 0 aliphatic carbocycles. The molecule has 0 saturated heterocycles. The first-order chi connectivity index (χ1) is 8.97. The van der Waals surface area contributed by atoms with Crippen LogP contribution >= 0.6 is 39.1 Å². The van der Waals surface area contributed by atoms with Crippen LogP contribution in [0, 0.1) is 10.1 Å². The van der Waals surface area contributed by atoms with E-state index in [2.05, 4.69) is 15.9 Å². The zero-order valence-electron chi connectivity index (χ0n) is 9.27. The van der Waals surface area contributed by atoms with Crippen molar-refractivity contribution in [3.8, 4) is 11.5 Å². The second-order valence-corrected chi connectivity index (χ2v) is 5.25. The molecule has 0 aliphatic rings. The summed E-state index contributed by atoms with van der Waals surface area (Å²) in [6.07, 6.45) is 0. The molecule has 0 N–H and O–H groups in total. The molecule has 0 saturated carbocycles. The summed E-state index contributed by atoms with van der Waals surface area (Å²) in [5.74, 6) is 0.843. The van der Waals surface area contributed by atoms with Gasteiger partial charge < -0.3 is 4.74 Å². The van der Waals surface area contributed by atoms with Gasteiger partial charge in [-0.05, 0) is 40.2 Å². The zero-order valence-corrected chi connectivity index (χ0v) is 12.4. The first kappa shape index (κ1) is 14.1. The van der Waals surface area contributed by atoms with Crippen LogP contribution < -0.4 is 4.74 Å². The maximum absolute atomic E-state index is 10.6. The maximum Gasteiger partial charge on any atom is 0.270 e. The van der Waals surface area contributed by atoms with Crippen molar-refractivity contribution in [1.29, 1.82) is 0 Å². The molecule has 7 heteroatoms. The predicted octanol–water partition coefficient (Wildman–Crippen LogP) is 5.46. The molecule has 0 amide bonds. The lowest BCUT2D eigenvalue weighted by Crippen LogP contribution is -1.90. The van der Waals surface area contributed by atoms with Crippen LogP contribution in [0.15, 0.2) is 40.9 Å². The molecule has 0 aliphatic heterocycles. The molecule has 0 radical (unpaired) electrons. The van der Waals surface area contributed by atoms with Crippen molar-refractivity contribution in [2.45, 2.75) is 0 Å². The van der Waals surface area contributed by atoms with Crippen molar-refractivity contribution in [3.63, 3.8) is 0 Å². The van der Waals surface area contributed by atoms with E-state index in [1.54, 1.807) is 18.2 Å². The Bertz CT molecular complexity index is 649. The lowest BCUT2D eigenvalue weighted by Gasteiger charge is -2.09. The van der Waals surface area contributed by atoms with E-state index in [0.29, 0.717) is 26.0 Å². The molecule has 0 spiro atoms. The predicted molar refractivity (Wildman–Crippen MR) is 77.3 cm³/mol. The third-order valence-corrected chi connectivity index (χ3v) is 3.39. The molecule has 0 aromatic heterocycles. The number of non-ortho nitro benzene ring substituents is 1. The second-order valence-electron chi connectivity index (χ2n) is 3.55. The van der Waals surface area contributed by atoms with E-state index in [1.807, 2.05) is 0 Å². The normalized spacial score (nSPS) is 10.3. The first-order valence-corrected chi connectivity index (χ1v) is 6.59. The number of nitro benzene ring substituents is 1. The fraction of sp³-hybridized carbons (Fsp3) is 0. The summed E-state index contributed by atoms with van der Waals surface area (Å²) in [5, 5.41) is 11.5. The van der Waals surface area contributed by atoms with E-state index in [4.69, 9.17) is 27.9 Å². The summed E-state index contributed by atoms with van der Waals surface area (Å²) in [7, 11) is 0. The van der Waals surface area contributed by atoms with E-state index < -0.39 is 4.92 Å². The highest BCUT2D eigenvalue weighted by Gasteiger charge is 2.12. The minimum absolute atomic E-state index is 0.0265. The van der Waals surface area contributed by atoms with Crippen molar-refractivity contribution < 1.29 is 9.66 Å². The quantitative estimate of drug-likeness (QED) is 0.538. The van der Waals surface area contributed by atoms with Crippen LogP contribution in [0.2, 0.25) is 10.0 Å². The van der Waals surface area contributed by atoms with Gasteiger partial charge in [0.2, 0.25) is 0 Å². The molecular weight excluding hydrogens is 357 g/mol. The lowest BCUT2D eigenvalue weighted by molar-refractivity contribution is -0.384. The Kier molecular flexibility index (Phi) is 4.29. The van der Waals surface area contributed by atoms with Crippen molar-refractivity contribution in [2.24, 2.45) is 0 Å². The summed E-state index contributed by atoms with van der Waals surface area (Å²) in [5.41, 5.74) is -0.0265. The van der Waals surface area contributed by atoms with Crippen LogP contribution in [0.25, 0.3) is 0 Å². The molecule has 0 bridgehead atoms. The molecule has 0 unspecified atom stereocenters. The average molecular weight is 363 g/mol. The summed E-state index contributed by atoms with van der Waals surface area (Å²) in [6.45, 7) is 0. The van der Waals surface area contributed by atoms with Crippen molar-refractivity contribution in [2.75, 3.05) is 0 Å². The third kappa shape index (κ3) is 3.37. The number of hydrogen-bond donors (Lipinski definition) is 0. The van der Waals surface area contributed by atoms with Crippen molar-refractivity contribution in [3.05, 3.63) is 61.0 Å². The molecule has 98 valence electrons. The van der Waals surface area contributed by atoms with Crippen LogP contribution in [-0.2, 0) is 0 Å². The van der Waals surface area contributed by atoms with Gasteiger partial charge in [0.25, 0.3) is 5.69 Å². The van der Waals surface area contributed by atoms with Gasteiger partial charge in [-0.1, -0.05) is 23.2 Å². The largest absolute Gasteiger partial charge is 0.455 e. The van der Waals surface area contributed by atoms with Gasteiger partial charge in [0.05, 0.1) is 14.4 Å². The Balaban J connectivity index is 2.31. The van der Waals surface area contributed by atoms with Crippen LogP contribution in [0.3, 0.4) is 0 Å². The molecule has 4 nitrogen and oxygen atoms in total. The fourth-order valence-corrected chi connectivity index (χ4v) is 2.26. The lowest BCUT2D eigenvalue weighted by atomic mass is 10.3. The average Bonchev–Trinajstić information content (AvgIpc) is 2.34. The Hall–Kier alpha value is -1.30. The van der Waals surface area contributed by atoms with Crippen LogP contribution in [0.1, 0.15) is 0 Å². The van der Waals surface area contributed by atoms with Crippen LogP contribution in [-0.4, -0.2) is 4.92 Å². The summed E-state index contributed by atoms with van der Waals surface area (Å²) >= 11 is 15.0. The van der Waals surface area contributed by atoms with Gasteiger partial charge in [-0.3, -0.25) is 10.1 Å². The van der Waals surface area contributed by atoms with E-state index in [-0.39, 0.29) is 5.69 Å². The second kappa shape index (κ2) is 5.77. The minimum atomic E-state index is -0.482. The van der Waals surface area contributed by atoms with Crippen LogP contribution in [0.5, 0.6) is 11.5 Å². The highest BCUT2D eigenvalue weighted by Crippen LogP contribution is 2.36. The van der Waals surface area contributed by atoms with Gasteiger partial charge in [0, 0.05) is 17.2 Å². The van der Waals surface area contributed by atoms with E-state index >= 15 is 0 Å². The molecule has 2 aromatic rings. The maximum atomic E-state index is 10.6. The number of rotatable bonds is 3. The Morgan fingerprint density at radius 3 is 2.37 bits per heavy atom. The molecular formula is C12H6BrCl2NO3. The number of ether oxygens (including phenoxy) is 1. The molecule has 0 atom stereocenters. The van der Waals surface area contributed by atoms with Gasteiger partial charge >= 0.3 is 0 Å². The SMILES string of the molecule is O=[N+]([O-])c1ccc(Oc2ccc(Cl)cc2Cl)c(Br)c1. The minimum Gasteiger partial charge on any atom is -0.455 e. The smallest absolute Gasteiger partial charge is 0.270 e. The Morgan fingerprint density at radius 2 is 1.79 bits per heavy atom. The van der Waals surface area contributed by atoms with Gasteiger partial charge in [0.15, 0.2) is 0 Å². The zero-order chi connectivity index (χ0) is 14.0. The number of nitrogens with zero attached hydrogens (tertiary/aromatic N) is 1. The standard InChI is InChI=1S/C12H6BrCl2NO3/c13-9-6-8(16(17)18)2-4-11(9)19-12-3-1-7(14)5-10(12)15/h1-6H. The summed E-state index contributed by atoms with van der Waals surface area (Å²) in [4.78, 5) is 10.1. The van der Waals surface area contributed by atoms with Crippen molar-refractivity contribution >= 4 is 44.8 Å². The highest BCUT2D eigenvalue weighted by atomic mass is 79.9. The van der Waals surface area contributed by atoms with Gasteiger partial charge in [-0.2, -0.15) is 0 Å². The summed E-state index contributed by atoms with van der Waals surface area (Å²) in [6, 6.07) is 9.02. The molecule has 19 heavy (non-hydrogen) atoms. The Morgan fingerprint density at radius 1 is 1.11 bits per heavy atom. The molecule has 0 fully saturated rings. The molecule has 0 heterocycles. The topological polar surface area (TPSA) is 52.4 Å². The number of halogens is 3. The number of nitro groups is 1. The highest BCUT2D eigenvalue weighted by molar-refractivity contribution is 9.10. The first-order valence-electron chi connectivity index (χ1n) is 5.04. The third-order valence-electron chi connectivity index (χ3n) is 2.24. The van der Waals surface area contributed by atoms with E-state index in [1.165, 1.54) is 18.2 Å². The van der Waals surface area contributed by atoms with Crippen molar-refractivity contribution in [1.82, 2.24) is 0 Å². The number of benzene rings is 2. The van der Waals surface area contributed by atoms with E-state index in [0.717, 1.165) is 0 Å². The van der Waals surface area contributed by atoms with Gasteiger partial charge in [0.1, 0.15) is 11.5 Å². The van der Waals surface area contributed by atoms with Crippen LogP contribution in [0.4, 0.5) is 5.69 Å². The Labute approximate surface area is 127 Å². The molecule has 2 rings (SSSR count). The molecule has 2 aromatic carbocycles. The monoisotopic (exact) mass is 361 g/mol. The summed E-state index contributed by atoms with van der Waals surface area (Å²) < 4.78 is 6.04. The fourth-order valence-electron chi connectivity index (χ4n) is 1.36. The van der Waals surface area contributed by atoms with Gasteiger partial charge in [-0.15, -0.1) is 0 Å². The van der Waals surface area contributed by atoms with E-state index in [9.17, 15) is 10.1 Å².